The van der Waals surface area contributed by atoms with Crippen LogP contribution in [0.5, 0.6) is 11.5 Å². The molecular formula is C21H24N2O5. The number of hydrogen-bond acceptors (Lipinski definition) is 5. The zero-order valence-corrected chi connectivity index (χ0v) is 16.6. The lowest BCUT2D eigenvalue weighted by molar-refractivity contribution is -0.135. The van der Waals surface area contributed by atoms with Gasteiger partial charge in [-0.2, -0.15) is 0 Å². The van der Waals surface area contributed by atoms with Gasteiger partial charge in [0.2, 0.25) is 11.8 Å². The topological polar surface area (TPSA) is 93.7 Å². The van der Waals surface area contributed by atoms with Crippen molar-refractivity contribution in [2.75, 3.05) is 24.9 Å². The first-order valence-corrected chi connectivity index (χ1v) is 8.65. The third-order valence-electron chi connectivity index (χ3n) is 4.32. The highest BCUT2D eigenvalue weighted by Gasteiger charge is 2.36. The van der Waals surface area contributed by atoms with E-state index in [4.69, 9.17) is 9.47 Å². The van der Waals surface area contributed by atoms with E-state index in [1.165, 1.54) is 35.0 Å². The van der Waals surface area contributed by atoms with Gasteiger partial charge in [0.1, 0.15) is 16.9 Å². The lowest BCUT2D eigenvalue weighted by Crippen LogP contribution is -2.41. The Morgan fingerprint density at radius 3 is 2.18 bits per heavy atom. The SMILES string of the molecule is COc1ccc(OC)c(NC(=O)C(C)(C)C(=O)Nc2cccc(C(C)=O)c2)c1. The number of ketones is 1. The summed E-state index contributed by atoms with van der Waals surface area (Å²) >= 11 is 0. The van der Waals surface area contributed by atoms with Crippen molar-refractivity contribution in [3.05, 3.63) is 48.0 Å². The third kappa shape index (κ3) is 4.68. The van der Waals surface area contributed by atoms with Gasteiger partial charge in [-0.05, 0) is 45.0 Å². The maximum absolute atomic E-state index is 12.8. The fourth-order valence-corrected chi connectivity index (χ4v) is 2.40. The predicted molar refractivity (Wildman–Crippen MR) is 107 cm³/mol. The van der Waals surface area contributed by atoms with Gasteiger partial charge in [0.05, 0.1) is 19.9 Å². The molecule has 2 aromatic carbocycles. The minimum atomic E-state index is -1.39. The fraction of sp³-hybridized carbons (Fsp3) is 0.286. The molecule has 7 heteroatoms. The van der Waals surface area contributed by atoms with Crippen molar-refractivity contribution in [3.8, 4) is 11.5 Å². The normalized spacial score (nSPS) is 10.8. The van der Waals surface area contributed by atoms with Crippen LogP contribution in [-0.2, 0) is 9.59 Å². The molecule has 0 aliphatic carbocycles. The lowest BCUT2D eigenvalue weighted by Gasteiger charge is -2.23. The Labute approximate surface area is 164 Å². The van der Waals surface area contributed by atoms with Crippen LogP contribution in [0.25, 0.3) is 0 Å². The Morgan fingerprint density at radius 1 is 0.893 bits per heavy atom. The Bertz CT molecular complexity index is 905. The summed E-state index contributed by atoms with van der Waals surface area (Å²) in [5.41, 5.74) is -0.0784. The van der Waals surface area contributed by atoms with E-state index in [-0.39, 0.29) is 5.78 Å². The number of anilines is 2. The molecular weight excluding hydrogens is 360 g/mol. The minimum absolute atomic E-state index is 0.113. The molecule has 0 spiro atoms. The van der Waals surface area contributed by atoms with Crippen molar-refractivity contribution in [2.24, 2.45) is 5.41 Å². The first-order chi connectivity index (χ1) is 13.2. The molecule has 2 N–H and O–H groups in total. The Balaban J connectivity index is 2.19. The average Bonchev–Trinajstić information content (AvgIpc) is 2.67. The predicted octanol–water partition coefficient (Wildman–Crippen LogP) is 3.51. The zero-order chi connectivity index (χ0) is 20.9. The van der Waals surface area contributed by atoms with Crippen LogP contribution < -0.4 is 20.1 Å². The molecule has 0 fully saturated rings. The summed E-state index contributed by atoms with van der Waals surface area (Å²) in [6.07, 6.45) is 0. The highest BCUT2D eigenvalue weighted by Crippen LogP contribution is 2.31. The van der Waals surface area contributed by atoms with E-state index in [9.17, 15) is 14.4 Å². The number of methoxy groups -OCH3 is 2. The summed E-state index contributed by atoms with van der Waals surface area (Å²) in [5, 5.41) is 5.40. The quantitative estimate of drug-likeness (QED) is 0.563. The molecule has 0 saturated carbocycles. The second-order valence-corrected chi connectivity index (χ2v) is 6.74. The van der Waals surface area contributed by atoms with Gasteiger partial charge in [0, 0.05) is 17.3 Å². The van der Waals surface area contributed by atoms with Crippen LogP contribution in [0.4, 0.5) is 11.4 Å². The van der Waals surface area contributed by atoms with Gasteiger partial charge in [0.25, 0.3) is 0 Å². The van der Waals surface area contributed by atoms with E-state index in [0.29, 0.717) is 28.4 Å². The van der Waals surface area contributed by atoms with Gasteiger partial charge in [0.15, 0.2) is 5.78 Å². The fourth-order valence-electron chi connectivity index (χ4n) is 2.40. The molecule has 0 bridgehead atoms. The van der Waals surface area contributed by atoms with Gasteiger partial charge in [-0.25, -0.2) is 0 Å². The number of amides is 2. The minimum Gasteiger partial charge on any atom is -0.497 e. The third-order valence-corrected chi connectivity index (χ3v) is 4.32. The molecule has 0 aliphatic rings. The van der Waals surface area contributed by atoms with Crippen LogP contribution in [0, 0.1) is 5.41 Å². The summed E-state index contributed by atoms with van der Waals surface area (Å²) in [6.45, 7) is 4.47. The van der Waals surface area contributed by atoms with Crippen LogP contribution in [0.15, 0.2) is 42.5 Å². The molecule has 2 aromatic rings. The van der Waals surface area contributed by atoms with E-state index < -0.39 is 17.2 Å². The van der Waals surface area contributed by atoms with Crippen molar-refractivity contribution >= 4 is 29.0 Å². The summed E-state index contributed by atoms with van der Waals surface area (Å²) in [4.78, 5) is 37.0. The summed E-state index contributed by atoms with van der Waals surface area (Å²) in [7, 11) is 3.00. The number of rotatable bonds is 7. The van der Waals surface area contributed by atoms with Crippen molar-refractivity contribution in [2.45, 2.75) is 20.8 Å². The number of Topliss-reactive ketones (excluding diaryl/α,β-unsaturated/α-hetero) is 1. The highest BCUT2D eigenvalue weighted by atomic mass is 16.5. The van der Waals surface area contributed by atoms with E-state index in [0.717, 1.165) is 0 Å². The number of benzene rings is 2. The molecule has 2 rings (SSSR count). The smallest absolute Gasteiger partial charge is 0.239 e. The van der Waals surface area contributed by atoms with Gasteiger partial charge in [-0.15, -0.1) is 0 Å². The standard InChI is InChI=1S/C21H24N2O5/c1-13(24)14-7-6-8-15(11-14)22-19(25)21(2,3)20(26)23-17-12-16(27-4)9-10-18(17)28-5/h6-12H,1-5H3,(H,22,25)(H,23,26). The second kappa shape index (κ2) is 8.56. The first-order valence-electron chi connectivity index (χ1n) is 8.65. The molecule has 0 atom stereocenters. The van der Waals surface area contributed by atoms with Crippen LogP contribution in [0.3, 0.4) is 0 Å². The van der Waals surface area contributed by atoms with Crippen LogP contribution in [0.1, 0.15) is 31.1 Å². The Kier molecular flexibility index (Phi) is 6.41. The number of ether oxygens (including phenoxy) is 2. The van der Waals surface area contributed by atoms with Gasteiger partial charge < -0.3 is 20.1 Å². The molecule has 148 valence electrons. The maximum Gasteiger partial charge on any atom is 0.239 e. The van der Waals surface area contributed by atoms with Crippen molar-refractivity contribution < 1.29 is 23.9 Å². The van der Waals surface area contributed by atoms with Crippen molar-refractivity contribution in [1.82, 2.24) is 0 Å². The molecule has 0 heterocycles. The lowest BCUT2D eigenvalue weighted by atomic mass is 9.90. The molecule has 0 unspecified atom stereocenters. The highest BCUT2D eigenvalue weighted by molar-refractivity contribution is 6.14. The summed E-state index contributed by atoms with van der Waals surface area (Å²) in [5.74, 6) is -0.149. The number of carbonyl (C=O) groups is 3. The summed E-state index contributed by atoms with van der Waals surface area (Å²) < 4.78 is 10.4. The molecule has 0 saturated heterocycles. The summed E-state index contributed by atoms with van der Waals surface area (Å²) in [6, 6.07) is 11.5. The van der Waals surface area contributed by atoms with Crippen LogP contribution in [0.2, 0.25) is 0 Å². The first kappa shape index (κ1) is 21.0. The van der Waals surface area contributed by atoms with Crippen molar-refractivity contribution in [1.29, 1.82) is 0 Å². The van der Waals surface area contributed by atoms with Crippen LogP contribution in [-0.4, -0.2) is 31.8 Å². The van der Waals surface area contributed by atoms with E-state index in [1.807, 2.05) is 0 Å². The average molecular weight is 384 g/mol. The van der Waals surface area contributed by atoms with E-state index >= 15 is 0 Å². The number of hydrogen-bond donors (Lipinski definition) is 2. The monoisotopic (exact) mass is 384 g/mol. The Hall–Kier alpha value is -3.35. The Morgan fingerprint density at radius 2 is 1.57 bits per heavy atom. The number of carbonyl (C=O) groups excluding carboxylic acids is 3. The number of nitrogens with one attached hydrogen (secondary N) is 2. The molecule has 28 heavy (non-hydrogen) atoms. The van der Waals surface area contributed by atoms with Crippen LogP contribution >= 0.6 is 0 Å². The zero-order valence-electron chi connectivity index (χ0n) is 16.6. The molecule has 0 radical (unpaired) electrons. The molecule has 0 aliphatic heterocycles. The molecule has 2 amide bonds. The van der Waals surface area contributed by atoms with Gasteiger partial charge in [-0.1, -0.05) is 12.1 Å². The van der Waals surface area contributed by atoms with Gasteiger partial charge >= 0.3 is 0 Å². The van der Waals surface area contributed by atoms with Crippen molar-refractivity contribution in [3.63, 3.8) is 0 Å². The molecule has 7 nitrogen and oxygen atoms in total. The van der Waals surface area contributed by atoms with E-state index in [2.05, 4.69) is 10.6 Å². The molecule has 0 aromatic heterocycles. The second-order valence-electron chi connectivity index (χ2n) is 6.74. The largest absolute Gasteiger partial charge is 0.497 e. The maximum atomic E-state index is 12.8. The van der Waals surface area contributed by atoms with Gasteiger partial charge in [-0.3, -0.25) is 14.4 Å². The van der Waals surface area contributed by atoms with E-state index in [1.54, 1.807) is 42.5 Å².